The van der Waals surface area contributed by atoms with Crippen LogP contribution in [0.4, 0.5) is 0 Å². The number of carbonyl (C=O) groups excluding carboxylic acids is 1. The summed E-state index contributed by atoms with van der Waals surface area (Å²) in [4.78, 5) is 18.6. The molecule has 1 aliphatic rings. The summed E-state index contributed by atoms with van der Waals surface area (Å²) in [6.45, 7) is 4.61. The van der Waals surface area contributed by atoms with Gasteiger partial charge in [-0.25, -0.2) is 9.67 Å². The third-order valence-corrected chi connectivity index (χ3v) is 4.19. The van der Waals surface area contributed by atoms with Gasteiger partial charge in [-0.2, -0.15) is 5.10 Å². The van der Waals surface area contributed by atoms with Crippen molar-refractivity contribution in [3.63, 3.8) is 0 Å². The molecule has 1 aromatic heterocycles. The number of aryl methyl sites for hydroxylation is 1. The highest BCUT2D eigenvalue weighted by atomic mass is 16.2. The zero-order valence-electron chi connectivity index (χ0n) is 13.0. The SMILES string of the molecule is CNCC1CCN(C(=O)c2ccc(-n3cncn3)cc2C)C1. The van der Waals surface area contributed by atoms with Gasteiger partial charge in [-0.1, -0.05) is 0 Å². The lowest BCUT2D eigenvalue weighted by Crippen LogP contribution is -2.30. The van der Waals surface area contributed by atoms with Crippen molar-refractivity contribution in [3.05, 3.63) is 42.0 Å². The number of hydrogen-bond donors (Lipinski definition) is 1. The van der Waals surface area contributed by atoms with Crippen LogP contribution < -0.4 is 5.32 Å². The second-order valence-electron chi connectivity index (χ2n) is 5.80. The van der Waals surface area contributed by atoms with E-state index in [2.05, 4.69) is 15.4 Å². The third kappa shape index (κ3) is 2.87. The number of rotatable bonds is 4. The Morgan fingerprint density at radius 1 is 1.45 bits per heavy atom. The molecule has 1 aliphatic heterocycles. The number of aromatic nitrogens is 3. The van der Waals surface area contributed by atoms with Crippen molar-refractivity contribution in [2.24, 2.45) is 5.92 Å². The molecule has 6 heteroatoms. The van der Waals surface area contributed by atoms with Gasteiger partial charge in [-0.15, -0.1) is 0 Å². The molecule has 1 saturated heterocycles. The maximum atomic E-state index is 12.7. The van der Waals surface area contributed by atoms with Crippen molar-refractivity contribution in [1.82, 2.24) is 25.0 Å². The molecule has 0 spiro atoms. The van der Waals surface area contributed by atoms with Crippen molar-refractivity contribution in [3.8, 4) is 5.69 Å². The highest BCUT2D eigenvalue weighted by molar-refractivity contribution is 5.96. The molecule has 1 N–H and O–H groups in total. The van der Waals surface area contributed by atoms with Crippen molar-refractivity contribution >= 4 is 5.91 Å². The topological polar surface area (TPSA) is 63.1 Å². The maximum absolute atomic E-state index is 12.7. The van der Waals surface area contributed by atoms with Gasteiger partial charge in [0.2, 0.25) is 0 Å². The molecule has 1 unspecified atom stereocenters. The van der Waals surface area contributed by atoms with E-state index in [1.807, 2.05) is 37.1 Å². The first kappa shape index (κ1) is 14.7. The van der Waals surface area contributed by atoms with E-state index in [4.69, 9.17) is 0 Å². The first-order valence-electron chi connectivity index (χ1n) is 7.58. The summed E-state index contributed by atoms with van der Waals surface area (Å²) in [6.07, 6.45) is 4.22. The highest BCUT2D eigenvalue weighted by Crippen LogP contribution is 2.21. The average molecular weight is 299 g/mol. The number of nitrogens with one attached hydrogen (secondary N) is 1. The van der Waals surface area contributed by atoms with Gasteiger partial charge in [-0.05, 0) is 56.6 Å². The van der Waals surface area contributed by atoms with E-state index in [9.17, 15) is 4.79 Å². The maximum Gasteiger partial charge on any atom is 0.254 e. The normalized spacial score (nSPS) is 17.9. The van der Waals surface area contributed by atoms with Gasteiger partial charge in [0.1, 0.15) is 12.7 Å². The first-order chi connectivity index (χ1) is 10.7. The van der Waals surface area contributed by atoms with Gasteiger partial charge >= 0.3 is 0 Å². The lowest BCUT2D eigenvalue weighted by atomic mass is 10.1. The van der Waals surface area contributed by atoms with Gasteiger partial charge in [0, 0.05) is 18.7 Å². The van der Waals surface area contributed by atoms with Crippen LogP contribution in [0, 0.1) is 12.8 Å². The molecule has 1 amide bonds. The fraction of sp³-hybridized carbons (Fsp3) is 0.438. The molecule has 2 heterocycles. The van der Waals surface area contributed by atoms with Gasteiger partial charge in [-0.3, -0.25) is 4.79 Å². The molecule has 22 heavy (non-hydrogen) atoms. The summed E-state index contributed by atoms with van der Waals surface area (Å²) >= 11 is 0. The smallest absolute Gasteiger partial charge is 0.254 e. The number of benzene rings is 1. The largest absolute Gasteiger partial charge is 0.338 e. The summed E-state index contributed by atoms with van der Waals surface area (Å²) in [5.74, 6) is 0.685. The van der Waals surface area contributed by atoms with Crippen LogP contribution in [0.1, 0.15) is 22.3 Å². The molecular weight excluding hydrogens is 278 g/mol. The first-order valence-corrected chi connectivity index (χ1v) is 7.58. The lowest BCUT2D eigenvalue weighted by Gasteiger charge is -2.18. The van der Waals surface area contributed by atoms with E-state index < -0.39 is 0 Å². The fourth-order valence-corrected chi connectivity index (χ4v) is 3.01. The Labute approximate surface area is 130 Å². The van der Waals surface area contributed by atoms with Crippen LogP contribution in [-0.4, -0.2) is 52.3 Å². The van der Waals surface area contributed by atoms with Gasteiger partial charge in [0.25, 0.3) is 5.91 Å². The monoisotopic (exact) mass is 299 g/mol. The minimum Gasteiger partial charge on any atom is -0.338 e. The number of nitrogens with zero attached hydrogens (tertiary/aromatic N) is 4. The van der Waals surface area contributed by atoms with E-state index in [0.717, 1.165) is 42.9 Å². The summed E-state index contributed by atoms with van der Waals surface area (Å²) in [5, 5.41) is 7.30. The minimum absolute atomic E-state index is 0.126. The highest BCUT2D eigenvalue weighted by Gasteiger charge is 2.27. The van der Waals surface area contributed by atoms with Crippen molar-refractivity contribution in [2.45, 2.75) is 13.3 Å². The molecule has 0 radical (unpaired) electrons. The zero-order chi connectivity index (χ0) is 15.5. The number of likely N-dealkylation sites (tertiary alicyclic amines) is 1. The summed E-state index contributed by atoms with van der Waals surface area (Å²) in [7, 11) is 1.96. The van der Waals surface area contributed by atoms with Crippen molar-refractivity contribution < 1.29 is 4.79 Å². The fourth-order valence-electron chi connectivity index (χ4n) is 3.01. The van der Waals surface area contributed by atoms with Gasteiger partial charge in [0.05, 0.1) is 5.69 Å². The van der Waals surface area contributed by atoms with E-state index in [-0.39, 0.29) is 5.91 Å². The number of amides is 1. The average Bonchev–Trinajstić information content (AvgIpc) is 3.18. The lowest BCUT2D eigenvalue weighted by molar-refractivity contribution is 0.0786. The number of carbonyl (C=O) groups is 1. The molecule has 1 aromatic carbocycles. The van der Waals surface area contributed by atoms with Crippen LogP contribution >= 0.6 is 0 Å². The number of hydrogen-bond acceptors (Lipinski definition) is 4. The summed E-state index contributed by atoms with van der Waals surface area (Å²) in [6, 6.07) is 5.78. The van der Waals surface area contributed by atoms with Crippen LogP contribution in [0.5, 0.6) is 0 Å². The Hall–Kier alpha value is -2.21. The minimum atomic E-state index is 0.126. The standard InChI is InChI=1S/C16H21N5O/c1-12-7-14(21-11-18-10-19-21)3-4-15(12)16(22)20-6-5-13(9-20)8-17-2/h3-4,7,10-11,13,17H,5-6,8-9H2,1-2H3. The Morgan fingerprint density at radius 3 is 3.00 bits per heavy atom. The van der Waals surface area contributed by atoms with Crippen LogP contribution in [0.3, 0.4) is 0 Å². The molecule has 6 nitrogen and oxygen atoms in total. The molecule has 0 saturated carbocycles. The van der Waals surface area contributed by atoms with E-state index in [1.54, 1.807) is 11.0 Å². The molecule has 0 bridgehead atoms. The second-order valence-corrected chi connectivity index (χ2v) is 5.80. The summed E-state index contributed by atoms with van der Waals surface area (Å²) in [5.41, 5.74) is 2.66. The Morgan fingerprint density at radius 2 is 2.32 bits per heavy atom. The van der Waals surface area contributed by atoms with Crippen molar-refractivity contribution in [2.75, 3.05) is 26.7 Å². The van der Waals surface area contributed by atoms with Crippen molar-refractivity contribution in [1.29, 1.82) is 0 Å². The Balaban J connectivity index is 1.76. The summed E-state index contributed by atoms with van der Waals surface area (Å²) < 4.78 is 1.69. The van der Waals surface area contributed by atoms with E-state index in [0.29, 0.717) is 5.92 Å². The molecule has 1 fully saturated rings. The molecule has 2 aromatic rings. The van der Waals surface area contributed by atoms with Gasteiger partial charge in [0.15, 0.2) is 0 Å². The Kier molecular flexibility index (Phi) is 4.20. The van der Waals surface area contributed by atoms with Crippen LogP contribution in [0.15, 0.2) is 30.9 Å². The third-order valence-electron chi connectivity index (χ3n) is 4.19. The predicted molar refractivity (Wildman–Crippen MR) is 84.0 cm³/mol. The Bertz CT molecular complexity index is 653. The molecule has 0 aliphatic carbocycles. The molecule has 1 atom stereocenters. The molecule has 3 rings (SSSR count). The molecule has 116 valence electrons. The van der Waals surface area contributed by atoms with Gasteiger partial charge < -0.3 is 10.2 Å². The van der Waals surface area contributed by atoms with Crippen LogP contribution in [0.25, 0.3) is 5.69 Å². The van der Waals surface area contributed by atoms with E-state index in [1.165, 1.54) is 6.33 Å². The zero-order valence-corrected chi connectivity index (χ0v) is 13.0. The predicted octanol–water partition coefficient (Wildman–Crippen LogP) is 1.26. The molecular formula is C16H21N5O. The van der Waals surface area contributed by atoms with Crippen LogP contribution in [-0.2, 0) is 0 Å². The quantitative estimate of drug-likeness (QED) is 0.923. The van der Waals surface area contributed by atoms with Crippen LogP contribution in [0.2, 0.25) is 0 Å². The van der Waals surface area contributed by atoms with E-state index >= 15 is 0 Å². The second kappa shape index (κ2) is 6.27.